The molecule has 1 heterocycles. The Morgan fingerprint density at radius 1 is 1.32 bits per heavy atom. The van der Waals surface area contributed by atoms with E-state index in [0.717, 1.165) is 4.47 Å². The summed E-state index contributed by atoms with van der Waals surface area (Å²) in [5, 5.41) is 12.0. The Balaban J connectivity index is 1.73. The summed E-state index contributed by atoms with van der Waals surface area (Å²) in [6.07, 6.45) is 1.67. The van der Waals surface area contributed by atoms with Crippen LogP contribution in [0.4, 0.5) is 10.1 Å². The predicted molar refractivity (Wildman–Crippen MR) is 114 cm³/mol. The molecule has 0 saturated heterocycles. The number of aromatic nitrogens is 3. The molecule has 0 aliphatic heterocycles. The van der Waals surface area contributed by atoms with Crippen molar-refractivity contribution in [3.63, 3.8) is 0 Å². The highest BCUT2D eigenvalue weighted by atomic mass is 79.9. The Bertz CT molecular complexity index is 1030. The van der Waals surface area contributed by atoms with Gasteiger partial charge in [0.1, 0.15) is 5.82 Å². The molecule has 0 atom stereocenters. The van der Waals surface area contributed by atoms with E-state index in [4.69, 9.17) is 11.6 Å². The number of halogens is 3. The lowest BCUT2D eigenvalue weighted by atomic mass is 10.2. The maximum Gasteiger partial charge on any atom is 0.234 e. The minimum absolute atomic E-state index is 0.111. The summed E-state index contributed by atoms with van der Waals surface area (Å²) in [6, 6.07) is 11.5. The van der Waals surface area contributed by atoms with E-state index in [2.05, 4.69) is 38.0 Å². The summed E-state index contributed by atoms with van der Waals surface area (Å²) in [6.45, 7) is 4.12. The van der Waals surface area contributed by atoms with E-state index < -0.39 is 0 Å². The van der Waals surface area contributed by atoms with Crippen molar-refractivity contribution in [1.29, 1.82) is 0 Å². The summed E-state index contributed by atoms with van der Waals surface area (Å²) >= 11 is 10.5. The first-order chi connectivity index (χ1) is 13.5. The number of hydrogen-bond acceptors (Lipinski definition) is 4. The Hall–Kier alpha value is -2.16. The Morgan fingerprint density at radius 3 is 2.82 bits per heavy atom. The van der Waals surface area contributed by atoms with Crippen molar-refractivity contribution in [1.82, 2.24) is 14.8 Å². The van der Waals surface area contributed by atoms with Crippen molar-refractivity contribution < 1.29 is 9.18 Å². The van der Waals surface area contributed by atoms with E-state index in [-0.39, 0.29) is 17.5 Å². The van der Waals surface area contributed by atoms with Crippen LogP contribution in [0.2, 0.25) is 5.02 Å². The van der Waals surface area contributed by atoms with Gasteiger partial charge in [0, 0.05) is 16.7 Å². The van der Waals surface area contributed by atoms with Gasteiger partial charge in [-0.05, 0) is 46.3 Å². The van der Waals surface area contributed by atoms with Gasteiger partial charge in [-0.2, -0.15) is 0 Å². The average molecular weight is 482 g/mol. The van der Waals surface area contributed by atoms with Crippen molar-refractivity contribution in [2.75, 3.05) is 11.1 Å². The number of anilines is 1. The zero-order valence-electron chi connectivity index (χ0n) is 14.5. The number of carbonyl (C=O) groups excluding carboxylic acids is 1. The van der Waals surface area contributed by atoms with Gasteiger partial charge in [-0.1, -0.05) is 41.6 Å². The number of allylic oxidation sites excluding steroid dienone is 1. The number of amides is 1. The fourth-order valence-electron chi connectivity index (χ4n) is 2.43. The average Bonchev–Trinajstić information content (AvgIpc) is 3.06. The smallest absolute Gasteiger partial charge is 0.234 e. The lowest BCUT2D eigenvalue weighted by Crippen LogP contribution is -2.14. The first-order valence-corrected chi connectivity index (χ1v) is 10.3. The van der Waals surface area contributed by atoms with Crippen molar-refractivity contribution >= 4 is 50.9 Å². The number of rotatable bonds is 7. The molecule has 0 radical (unpaired) electrons. The van der Waals surface area contributed by atoms with Crippen LogP contribution in [-0.4, -0.2) is 26.4 Å². The van der Waals surface area contributed by atoms with Crippen molar-refractivity contribution in [3.05, 3.63) is 70.4 Å². The van der Waals surface area contributed by atoms with Crippen LogP contribution in [0.5, 0.6) is 0 Å². The van der Waals surface area contributed by atoms with Gasteiger partial charge in [0.25, 0.3) is 0 Å². The van der Waals surface area contributed by atoms with Gasteiger partial charge >= 0.3 is 0 Å². The number of nitrogens with zero attached hydrogens (tertiary/aromatic N) is 3. The van der Waals surface area contributed by atoms with Crippen LogP contribution in [0, 0.1) is 5.82 Å². The number of nitrogens with one attached hydrogen (secondary N) is 1. The molecule has 0 bridgehead atoms. The van der Waals surface area contributed by atoms with Gasteiger partial charge in [-0.15, -0.1) is 16.8 Å². The third kappa shape index (κ3) is 4.81. The molecule has 0 aliphatic carbocycles. The van der Waals surface area contributed by atoms with Gasteiger partial charge in [0.2, 0.25) is 5.91 Å². The molecule has 0 saturated carbocycles. The van der Waals surface area contributed by atoms with Crippen LogP contribution in [0.15, 0.2) is 64.7 Å². The molecule has 2 aromatic carbocycles. The highest BCUT2D eigenvalue weighted by Crippen LogP contribution is 2.27. The molecule has 3 rings (SSSR count). The predicted octanol–water partition coefficient (Wildman–Crippen LogP) is 5.42. The van der Waals surface area contributed by atoms with Gasteiger partial charge in [-0.25, -0.2) is 4.39 Å². The van der Waals surface area contributed by atoms with Crippen LogP contribution in [0.3, 0.4) is 0 Å². The third-order valence-electron chi connectivity index (χ3n) is 3.68. The minimum atomic E-state index is -0.387. The van der Waals surface area contributed by atoms with Gasteiger partial charge < -0.3 is 5.32 Å². The molecule has 0 spiro atoms. The van der Waals surface area contributed by atoms with Gasteiger partial charge in [0.05, 0.1) is 16.3 Å². The fraction of sp³-hybridized carbons (Fsp3) is 0.105. The van der Waals surface area contributed by atoms with Crippen LogP contribution in [0.1, 0.15) is 0 Å². The van der Waals surface area contributed by atoms with Gasteiger partial charge in [-0.3, -0.25) is 9.36 Å². The van der Waals surface area contributed by atoms with E-state index in [1.54, 1.807) is 47.0 Å². The highest BCUT2D eigenvalue weighted by molar-refractivity contribution is 9.10. The number of hydrogen-bond donors (Lipinski definition) is 1. The van der Waals surface area contributed by atoms with Crippen LogP contribution < -0.4 is 5.32 Å². The standard InChI is InChI=1S/C19H15BrClFN4OS/c1-2-9-26-18(13-5-3-4-6-16(13)22)24-25-19(26)28-11-17(27)23-12-7-8-14(20)15(21)10-12/h2-8,10H,1,9,11H2,(H,23,27). The first kappa shape index (κ1) is 20.6. The zero-order chi connectivity index (χ0) is 20.1. The summed E-state index contributed by atoms with van der Waals surface area (Å²) in [4.78, 5) is 12.3. The normalized spacial score (nSPS) is 10.7. The fourth-order valence-corrected chi connectivity index (χ4v) is 3.61. The van der Waals surface area contributed by atoms with Crippen molar-refractivity contribution in [2.24, 2.45) is 0 Å². The van der Waals surface area contributed by atoms with E-state index in [9.17, 15) is 9.18 Å². The molecule has 144 valence electrons. The Kier molecular flexibility index (Phi) is 6.88. The largest absolute Gasteiger partial charge is 0.325 e. The Labute approximate surface area is 179 Å². The molecule has 5 nitrogen and oxygen atoms in total. The second-order valence-electron chi connectivity index (χ2n) is 5.65. The SMILES string of the molecule is C=CCn1c(SCC(=O)Nc2ccc(Br)c(Cl)c2)nnc1-c1ccccc1F. The molecule has 1 N–H and O–H groups in total. The maximum absolute atomic E-state index is 14.1. The molecule has 1 amide bonds. The summed E-state index contributed by atoms with van der Waals surface area (Å²) < 4.78 is 16.6. The molecule has 28 heavy (non-hydrogen) atoms. The molecule has 1 aromatic heterocycles. The van der Waals surface area contributed by atoms with Crippen LogP contribution in [-0.2, 0) is 11.3 Å². The highest BCUT2D eigenvalue weighted by Gasteiger charge is 2.17. The lowest BCUT2D eigenvalue weighted by Gasteiger charge is -2.09. The lowest BCUT2D eigenvalue weighted by molar-refractivity contribution is -0.113. The first-order valence-electron chi connectivity index (χ1n) is 8.16. The van der Waals surface area contributed by atoms with Crippen molar-refractivity contribution in [3.8, 4) is 11.4 Å². The molecule has 0 fully saturated rings. The zero-order valence-corrected chi connectivity index (χ0v) is 17.7. The van der Waals surface area contributed by atoms with Crippen LogP contribution >= 0.6 is 39.3 Å². The quantitative estimate of drug-likeness (QED) is 0.362. The number of thioether (sulfide) groups is 1. The molecule has 9 heteroatoms. The van der Waals surface area contributed by atoms with E-state index in [1.807, 2.05) is 0 Å². The number of benzene rings is 2. The monoisotopic (exact) mass is 480 g/mol. The second-order valence-corrected chi connectivity index (χ2v) is 7.86. The second kappa shape index (κ2) is 9.36. The van der Waals surface area contributed by atoms with Gasteiger partial charge in [0.15, 0.2) is 11.0 Å². The topological polar surface area (TPSA) is 59.8 Å². The molecule has 0 aliphatic rings. The Morgan fingerprint density at radius 2 is 2.11 bits per heavy atom. The van der Waals surface area contributed by atoms with E-state index in [0.29, 0.717) is 33.8 Å². The van der Waals surface area contributed by atoms with Crippen molar-refractivity contribution in [2.45, 2.75) is 11.7 Å². The van der Waals surface area contributed by atoms with E-state index >= 15 is 0 Å². The van der Waals surface area contributed by atoms with E-state index in [1.165, 1.54) is 17.8 Å². The third-order valence-corrected chi connectivity index (χ3v) is 5.88. The molecular weight excluding hydrogens is 467 g/mol. The number of carbonyl (C=O) groups is 1. The summed E-state index contributed by atoms with van der Waals surface area (Å²) in [7, 11) is 0. The molecule has 3 aromatic rings. The maximum atomic E-state index is 14.1. The minimum Gasteiger partial charge on any atom is -0.325 e. The summed E-state index contributed by atoms with van der Waals surface area (Å²) in [5.41, 5.74) is 0.941. The van der Waals surface area contributed by atoms with Crippen LogP contribution in [0.25, 0.3) is 11.4 Å². The molecule has 0 unspecified atom stereocenters. The summed E-state index contributed by atoms with van der Waals surface area (Å²) in [5.74, 6) is -0.105. The molecular formula is C19H15BrClFN4OS.